The number of carbonyl (C=O) groups excluding carboxylic acids is 2. The van der Waals surface area contributed by atoms with Gasteiger partial charge in [-0.1, -0.05) is 29.8 Å². The maximum atomic E-state index is 15.0. The van der Waals surface area contributed by atoms with Gasteiger partial charge in [-0.05, 0) is 42.0 Å². The van der Waals surface area contributed by atoms with Crippen molar-refractivity contribution in [2.75, 3.05) is 49.6 Å². The molecule has 0 N–H and O–H groups in total. The molecule has 3 heterocycles. The van der Waals surface area contributed by atoms with Crippen molar-refractivity contribution in [1.29, 1.82) is 0 Å². The minimum absolute atomic E-state index is 0.0430. The Balaban J connectivity index is 1.47. The number of para-hydroxylation sites is 1. The number of carbonyl (C=O) groups is 2. The number of rotatable bonds is 9. The molecule has 0 saturated carbocycles. The van der Waals surface area contributed by atoms with Crippen LogP contribution in [0.4, 0.5) is 24.7 Å². The molecule has 0 bridgehead atoms. The van der Waals surface area contributed by atoms with Crippen LogP contribution in [0.1, 0.15) is 17.5 Å². The molecule has 50 heavy (non-hydrogen) atoms. The molecular formula is C33H29ClF3N5O7S. The van der Waals surface area contributed by atoms with Crippen LogP contribution in [0, 0.1) is 0 Å². The largest absolute Gasteiger partial charge is 0.573 e. The third kappa shape index (κ3) is 6.24. The number of anilines is 2. The Labute approximate surface area is 290 Å². The summed E-state index contributed by atoms with van der Waals surface area (Å²) < 4.78 is 84.7. The summed E-state index contributed by atoms with van der Waals surface area (Å²) in [6.45, 7) is 1.31. The van der Waals surface area contributed by atoms with Gasteiger partial charge in [-0.2, -0.15) is 0 Å². The van der Waals surface area contributed by atoms with Crippen molar-refractivity contribution in [2.45, 2.75) is 23.1 Å². The molecule has 1 unspecified atom stereocenters. The predicted octanol–water partition coefficient (Wildman–Crippen LogP) is 4.81. The highest BCUT2D eigenvalue weighted by atomic mass is 35.5. The van der Waals surface area contributed by atoms with Gasteiger partial charge in [0, 0.05) is 61.6 Å². The van der Waals surface area contributed by atoms with Gasteiger partial charge in [0.15, 0.2) is 5.75 Å². The number of nitrogens with zero attached hydrogens (tertiary/aromatic N) is 5. The number of benzene rings is 3. The van der Waals surface area contributed by atoms with E-state index >= 15 is 4.79 Å². The van der Waals surface area contributed by atoms with Crippen LogP contribution in [0.3, 0.4) is 0 Å². The third-order valence-corrected chi connectivity index (χ3v) is 10.5. The lowest BCUT2D eigenvalue weighted by Gasteiger charge is -2.37. The summed E-state index contributed by atoms with van der Waals surface area (Å²) in [6.07, 6.45) is -1.14. The smallest absolute Gasteiger partial charge is 0.497 e. The van der Waals surface area contributed by atoms with Gasteiger partial charge < -0.3 is 24.0 Å². The first-order chi connectivity index (χ1) is 23.8. The molecule has 12 nitrogen and oxygen atoms in total. The molecular weight excluding hydrogens is 703 g/mol. The van der Waals surface area contributed by atoms with Crippen LogP contribution in [0.25, 0.3) is 0 Å². The maximum absolute atomic E-state index is 15.0. The van der Waals surface area contributed by atoms with Crippen molar-refractivity contribution < 1.29 is 45.4 Å². The second-order valence-corrected chi connectivity index (χ2v) is 13.5. The molecule has 2 aliphatic rings. The van der Waals surface area contributed by atoms with Crippen molar-refractivity contribution in [1.82, 2.24) is 14.9 Å². The Kier molecular flexibility index (Phi) is 9.26. The number of piperazine rings is 1. The average Bonchev–Trinajstić information content (AvgIpc) is 3.35. The zero-order valence-electron chi connectivity index (χ0n) is 26.6. The fourth-order valence-electron chi connectivity index (χ4n) is 6.30. The molecule has 0 spiro atoms. The quantitative estimate of drug-likeness (QED) is 0.237. The Morgan fingerprint density at radius 2 is 1.68 bits per heavy atom. The molecule has 2 aliphatic heterocycles. The highest BCUT2D eigenvalue weighted by molar-refractivity contribution is 7.93. The summed E-state index contributed by atoms with van der Waals surface area (Å²) in [4.78, 5) is 40.2. The van der Waals surface area contributed by atoms with Gasteiger partial charge in [-0.15, -0.1) is 13.2 Å². The molecule has 1 fully saturated rings. The van der Waals surface area contributed by atoms with E-state index < -0.39 is 50.7 Å². The van der Waals surface area contributed by atoms with Crippen LogP contribution < -0.4 is 23.4 Å². The van der Waals surface area contributed by atoms with Crippen LogP contribution in [0.15, 0.2) is 84.1 Å². The van der Waals surface area contributed by atoms with E-state index in [9.17, 15) is 26.4 Å². The van der Waals surface area contributed by atoms with E-state index in [2.05, 4.69) is 14.7 Å². The van der Waals surface area contributed by atoms with Gasteiger partial charge in [-0.25, -0.2) is 17.7 Å². The Morgan fingerprint density at radius 3 is 2.34 bits per heavy atom. The lowest BCUT2D eigenvalue weighted by atomic mass is 9.72. The third-order valence-electron chi connectivity index (χ3n) is 8.57. The van der Waals surface area contributed by atoms with Gasteiger partial charge in [-0.3, -0.25) is 14.6 Å². The van der Waals surface area contributed by atoms with Crippen LogP contribution in [-0.2, 0) is 25.0 Å². The molecule has 2 amide bonds. The monoisotopic (exact) mass is 731 g/mol. The molecule has 4 aromatic rings. The van der Waals surface area contributed by atoms with E-state index in [-0.39, 0.29) is 46.4 Å². The van der Waals surface area contributed by atoms with Gasteiger partial charge in [0.05, 0.1) is 26.1 Å². The zero-order valence-corrected chi connectivity index (χ0v) is 28.1. The number of methoxy groups -OCH3 is 2. The minimum atomic E-state index is -5.29. The van der Waals surface area contributed by atoms with Gasteiger partial charge >= 0.3 is 6.36 Å². The summed E-state index contributed by atoms with van der Waals surface area (Å²) in [7, 11) is -2.63. The first-order valence-corrected chi connectivity index (χ1v) is 16.9. The van der Waals surface area contributed by atoms with E-state index in [4.69, 9.17) is 21.1 Å². The van der Waals surface area contributed by atoms with Crippen molar-refractivity contribution in [3.8, 4) is 17.2 Å². The van der Waals surface area contributed by atoms with Crippen LogP contribution in [-0.4, -0.2) is 81.9 Å². The van der Waals surface area contributed by atoms with Gasteiger partial charge in [0.25, 0.3) is 15.9 Å². The fourth-order valence-corrected chi connectivity index (χ4v) is 8.05. The van der Waals surface area contributed by atoms with Crippen molar-refractivity contribution in [3.05, 3.63) is 95.4 Å². The Hall–Kier alpha value is -5.09. The number of ether oxygens (including phenoxy) is 3. The summed E-state index contributed by atoms with van der Waals surface area (Å²) in [5.74, 6) is -2.06. The Bertz CT molecular complexity index is 2050. The highest BCUT2D eigenvalue weighted by Crippen LogP contribution is 2.54. The molecule has 262 valence electrons. The van der Waals surface area contributed by atoms with E-state index in [0.29, 0.717) is 23.2 Å². The molecule has 17 heteroatoms. The lowest BCUT2D eigenvalue weighted by Crippen LogP contribution is -2.52. The summed E-state index contributed by atoms with van der Waals surface area (Å²) in [6, 6.07) is 13.0. The molecule has 6 rings (SSSR count). The number of hydrogen-bond donors (Lipinski definition) is 0. The topological polar surface area (TPSA) is 131 Å². The zero-order chi connectivity index (χ0) is 35.8. The van der Waals surface area contributed by atoms with Crippen molar-refractivity contribution in [2.24, 2.45) is 0 Å². The molecule has 0 radical (unpaired) electrons. The number of hydrogen-bond acceptors (Lipinski definition) is 10. The maximum Gasteiger partial charge on any atom is 0.573 e. The second kappa shape index (κ2) is 13.3. The number of fused-ring (bicyclic) bond motifs is 1. The number of amides is 2. The summed E-state index contributed by atoms with van der Waals surface area (Å²) in [5, 5.41) is 0.116. The summed E-state index contributed by atoms with van der Waals surface area (Å²) >= 11 is 6.45. The number of sulfonamides is 1. The first kappa shape index (κ1) is 34.8. The number of alkyl halides is 3. The first-order valence-electron chi connectivity index (χ1n) is 15.1. The van der Waals surface area contributed by atoms with E-state index in [1.54, 1.807) is 41.7 Å². The molecule has 0 aliphatic carbocycles. The summed E-state index contributed by atoms with van der Waals surface area (Å²) in [5.41, 5.74) is -2.06. The molecule has 1 saturated heterocycles. The Morgan fingerprint density at radius 1 is 0.940 bits per heavy atom. The normalized spacial score (nSPS) is 17.8. The van der Waals surface area contributed by atoms with Crippen molar-refractivity contribution >= 4 is 44.9 Å². The minimum Gasteiger partial charge on any atom is -0.497 e. The molecule has 1 aromatic heterocycles. The predicted molar refractivity (Wildman–Crippen MR) is 175 cm³/mol. The van der Waals surface area contributed by atoms with E-state index in [1.165, 1.54) is 38.5 Å². The van der Waals surface area contributed by atoms with Crippen LogP contribution in [0.5, 0.6) is 17.2 Å². The van der Waals surface area contributed by atoms with Crippen LogP contribution in [0.2, 0.25) is 5.02 Å². The standard InChI is InChI=1S/C33H29ClF3N5O7S/c1-47-22-8-10-28(27(18-22)49-33(35,36)37)50(45,46)42-25-9-7-21(34)17-24(25)32(31(42)44,23-5-3-4-6-26(23)48-2)19-30(43)41-15-13-40(14-16-41)29-20-38-11-12-39-29/h3-12,17-18,20H,13-16,19H2,1-2H3. The van der Waals surface area contributed by atoms with E-state index in [0.717, 1.165) is 18.2 Å². The highest BCUT2D eigenvalue weighted by Gasteiger charge is 2.59. The lowest BCUT2D eigenvalue weighted by molar-refractivity contribution is -0.275. The molecule has 1 atom stereocenters. The second-order valence-electron chi connectivity index (χ2n) is 11.3. The molecule has 3 aromatic carbocycles. The number of halogens is 4. The van der Waals surface area contributed by atoms with Crippen LogP contribution >= 0.6 is 11.6 Å². The fraction of sp³-hybridized carbons (Fsp3) is 0.273. The SMILES string of the molecule is COc1ccc(S(=O)(=O)N2C(=O)C(CC(=O)N3CCN(c4cnccn4)CC3)(c3ccccc3OC)c3cc(Cl)ccc32)c(OC(F)(F)F)c1. The van der Waals surface area contributed by atoms with Gasteiger partial charge in [0.2, 0.25) is 5.91 Å². The average molecular weight is 732 g/mol. The van der Waals surface area contributed by atoms with Gasteiger partial charge in [0.1, 0.15) is 27.6 Å². The van der Waals surface area contributed by atoms with Crippen molar-refractivity contribution in [3.63, 3.8) is 0 Å². The van der Waals surface area contributed by atoms with E-state index in [1.807, 2.05) is 4.90 Å². The number of aromatic nitrogens is 2.